The van der Waals surface area contributed by atoms with Gasteiger partial charge in [-0.1, -0.05) is 36.4 Å². The number of allylic oxidation sites excluding steroid dienone is 1. The van der Waals surface area contributed by atoms with Gasteiger partial charge in [0.05, 0.1) is 18.8 Å². The minimum Gasteiger partial charge on any atom is -0.480 e. The number of rotatable bonds is 6. The Morgan fingerprint density at radius 1 is 1.32 bits per heavy atom. The second-order valence-corrected chi connectivity index (χ2v) is 6.91. The highest BCUT2D eigenvalue weighted by Gasteiger charge is 2.41. The molecule has 0 spiro atoms. The zero-order valence-electron chi connectivity index (χ0n) is 15.5. The van der Waals surface area contributed by atoms with Crippen molar-refractivity contribution in [2.75, 3.05) is 6.61 Å². The summed E-state index contributed by atoms with van der Waals surface area (Å²) in [6, 6.07) is 7.11. The molecule has 1 unspecified atom stereocenters. The van der Waals surface area contributed by atoms with Crippen LogP contribution in [0, 0.1) is 12.8 Å². The van der Waals surface area contributed by atoms with E-state index in [1.807, 2.05) is 31.2 Å². The first kappa shape index (κ1) is 20.0. The van der Waals surface area contributed by atoms with Gasteiger partial charge in [-0.05, 0) is 18.6 Å². The highest BCUT2D eigenvalue weighted by molar-refractivity contribution is 5.84. The predicted octanol–water partition coefficient (Wildman–Crippen LogP) is 0.512. The molecule has 0 bridgehead atoms. The van der Waals surface area contributed by atoms with Gasteiger partial charge in [0.1, 0.15) is 24.0 Å². The van der Waals surface area contributed by atoms with Crippen molar-refractivity contribution in [2.24, 2.45) is 5.92 Å². The number of benzene rings is 1. The number of aliphatic carboxylic acids is 1. The van der Waals surface area contributed by atoms with Crippen molar-refractivity contribution >= 4 is 5.97 Å². The molecule has 2 heterocycles. The Bertz CT molecular complexity index is 880. The number of hydrogen-bond acceptors (Lipinski definition) is 7. The van der Waals surface area contributed by atoms with Crippen LogP contribution < -0.4 is 0 Å². The largest absolute Gasteiger partial charge is 0.480 e. The standard InChI is InChI=1S/C19H23N3O6/c1-10-5-3-4-6-12(10)13-8-22(21-20-13)14-7-16(19(26)27)28-18(11(14)2)17(25)15(24)9-23/h3-8,11,14-15,17-18,23-25H,9H2,1-2H3,(H,26,27)/t11-,14+,15?,17-,18-/m1/s1. The Morgan fingerprint density at radius 3 is 2.68 bits per heavy atom. The third kappa shape index (κ3) is 3.77. The van der Waals surface area contributed by atoms with Crippen molar-refractivity contribution in [3.8, 4) is 11.3 Å². The molecule has 0 amide bonds. The van der Waals surface area contributed by atoms with Gasteiger partial charge in [-0.3, -0.25) is 0 Å². The van der Waals surface area contributed by atoms with E-state index in [0.29, 0.717) is 5.69 Å². The van der Waals surface area contributed by atoms with Crippen molar-refractivity contribution in [1.29, 1.82) is 0 Å². The molecule has 1 aromatic heterocycles. The van der Waals surface area contributed by atoms with Gasteiger partial charge in [-0.25, -0.2) is 9.48 Å². The molecule has 1 aromatic carbocycles. The molecule has 1 aliphatic rings. The third-order valence-corrected chi connectivity index (χ3v) is 5.01. The van der Waals surface area contributed by atoms with E-state index in [1.54, 1.807) is 13.1 Å². The Hall–Kier alpha value is -2.75. The number of carboxylic acid groups (broad SMARTS) is 1. The van der Waals surface area contributed by atoms with E-state index in [0.717, 1.165) is 11.1 Å². The van der Waals surface area contributed by atoms with Crippen molar-refractivity contribution in [2.45, 2.75) is 38.2 Å². The lowest BCUT2D eigenvalue weighted by Crippen LogP contribution is -2.48. The van der Waals surface area contributed by atoms with E-state index >= 15 is 0 Å². The molecule has 0 aliphatic carbocycles. The lowest BCUT2D eigenvalue weighted by atomic mass is 9.87. The second kappa shape index (κ2) is 8.09. The summed E-state index contributed by atoms with van der Waals surface area (Å²) in [5, 5.41) is 46.9. The van der Waals surface area contributed by atoms with Crippen LogP contribution in [0.4, 0.5) is 0 Å². The fraction of sp³-hybridized carbons (Fsp3) is 0.421. The summed E-state index contributed by atoms with van der Waals surface area (Å²) in [4.78, 5) is 11.5. The van der Waals surface area contributed by atoms with Crippen LogP contribution in [0.3, 0.4) is 0 Å². The van der Waals surface area contributed by atoms with Gasteiger partial charge in [-0.2, -0.15) is 0 Å². The van der Waals surface area contributed by atoms with E-state index in [-0.39, 0.29) is 5.76 Å². The summed E-state index contributed by atoms with van der Waals surface area (Å²) in [6.45, 7) is 3.02. The summed E-state index contributed by atoms with van der Waals surface area (Å²) in [5.74, 6) is -2.11. The molecule has 28 heavy (non-hydrogen) atoms. The fourth-order valence-electron chi connectivity index (χ4n) is 3.35. The fourth-order valence-corrected chi connectivity index (χ4v) is 3.35. The number of nitrogens with zero attached hydrogens (tertiary/aromatic N) is 3. The molecule has 0 saturated heterocycles. The normalized spacial score (nSPS) is 24.2. The first-order valence-corrected chi connectivity index (χ1v) is 8.90. The Morgan fingerprint density at radius 2 is 2.04 bits per heavy atom. The van der Waals surface area contributed by atoms with Gasteiger partial charge in [0, 0.05) is 11.5 Å². The van der Waals surface area contributed by atoms with Gasteiger partial charge in [0.2, 0.25) is 5.76 Å². The molecule has 4 N–H and O–H groups in total. The van der Waals surface area contributed by atoms with Gasteiger partial charge in [0.25, 0.3) is 0 Å². The van der Waals surface area contributed by atoms with Crippen LogP contribution in [0.2, 0.25) is 0 Å². The predicted molar refractivity (Wildman–Crippen MR) is 98.1 cm³/mol. The topological polar surface area (TPSA) is 138 Å². The maximum absolute atomic E-state index is 11.5. The molecule has 3 rings (SSSR count). The zero-order chi connectivity index (χ0) is 20.4. The number of carboxylic acids is 1. The third-order valence-electron chi connectivity index (χ3n) is 5.01. The van der Waals surface area contributed by atoms with E-state index in [4.69, 9.17) is 9.84 Å². The number of hydrogen-bond donors (Lipinski definition) is 4. The van der Waals surface area contributed by atoms with Gasteiger partial charge in [-0.15, -0.1) is 5.10 Å². The summed E-state index contributed by atoms with van der Waals surface area (Å²) >= 11 is 0. The number of carbonyl (C=O) groups is 1. The molecular weight excluding hydrogens is 366 g/mol. The lowest BCUT2D eigenvalue weighted by Gasteiger charge is -2.37. The highest BCUT2D eigenvalue weighted by Crippen LogP contribution is 2.34. The minimum atomic E-state index is -1.47. The summed E-state index contributed by atoms with van der Waals surface area (Å²) in [6.07, 6.45) is -0.868. The Labute approximate surface area is 161 Å². The first-order valence-electron chi connectivity index (χ1n) is 8.90. The van der Waals surface area contributed by atoms with E-state index in [9.17, 15) is 20.1 Å². The summed E-state index contributed by atoms with van der Waals surface area (Å²) in [5.41, 5.74) is 2.56. The number of ether oxygens (including phenoxy) is 1. The molecule has 9 heteroatoms. The number of aliphatic hydroxyl groups excluding tert-OH is 3. The summed E-state index contributed by atoms with van der Waals surface area (Å²) in [7, 11) is 0. The van der Waals surface area contributed by atoms with Crippen LogP contribution >= 0.6 is 0 Å². The molecule has 2 aromatic rings. The Kier molecular flexibility index (Phi) is 5.78. The van der Waals surface area contributed by atoms with Gasteiger partial charge >= 0.3 is 5.97 Å². The number of aliphatic hydroxyl groups is 3. The molecule has 5 atom stereocenters. The number of aromatic nitrogens is 3. The van der Waals surface area contributed by atoms with E-state index < -0.39 is 42.8 Å². The van der Waals surface area contributed by atoms with Crippen LogP contribution in [-0.2, 0) is 9.53 Å². The average molecular weight is 389 g/mol. The molecule has 9 nitrogen and oxygen atoms in total. The molecular formula is C19H23N3O6. The van der Waals surface area contributed by atoms with Crippen LogP contribution in [0.5, 0.6) is 0 Å². The van der Waals surface area contributed by atoms with E-state index in [1.165, 1.54) is 10.8 Å². The van der Waals surface area contributed by atoms with Crippen molar-refractivity contribution in [3.63, 3.8) is 0 Å². The minimum absolute atomic E-state index is 0.356. The monoisotopic (exact) mass is 389 g/mol. The molecule has 150 valence electrons. The SMILES string of the molecule is Cc1ccccc1-c1cn([C@H]2C=C(C(=O)O)O[C@@H]([C@H](O)C(O)CO)[C@@H]2C)nn1. The molecule has 1 aliphatic heterocycles. The van der Waals surface area contributed by atoms with Gasteiger partial charge in [0.15, 0.2) is 0 Å². The maximum atomic E-state index is 11.5. The van der Waals surface area contributed by atoms with Crippen LogP contribution in [0.15, 0.2) is 42.3 Å². The first-order chi connectivity index (χ1) is 13.3. The van der Waals surface area contributed by atoms with Crippen molar-refractivity contribution < 1.29 is 30.0 Å². The maximum Gasteiger partial charge on any atom is 0.370 e. The smallest absolute Gasteiger partial charge is 0.370 e. The van der Waals surface area contributed by atoms with Crippen LogP contribution in [0.1, 0.15) is 18.5 Å². The van der Waals surface area contributed by atoms with Crippen LogP contribution in [0.25, 0.3) is 11.3 Å². The second-order valence-electron chi connectivity index (χ2n) is 6.91. The molecule has 0 radical (unpaired) electrons. The lowest BCUT2D eigenvalue weighted by molar-refractivity contribution is -0.148. The van der Waals surface area contributed by atoms with E-state index in [2.05, 4.69) is 10.3 Å². The zero-order valence-corrected chi connectivity index (χ0v) is 15.5. The molecule has 0 saturated carbocycles. The van der Waals surface area contributed by atoms with Crippen molar-refractivity contribution in [1.82, 2.24) is 15.0 Å². The number of aryl methyl sites for hydroxylation is 1. The Balaban J connectivity index is 1.96. The highest BCUT2D eigenvalue weighted by atomic mass is 16.5. The molecule has 0 fully saturated rings. The summed E-state index contributed by atoms with van der Waals surface area (Å²) < 4.78 is 6.90. The van der Waals surface area contributed by atoms with Gasteiger partial charge < -0.3 is 25.2 Å². The van der Waals surface area contributed by atoms with Crippen LogP contribution in [-0.4, -0.2) is 66.3 Å². The average Bonchev–Trinajstić information content (AvgIpc) is 3.16. The van der Waals surface area contributed by atoms with Crippen molar-refractivity contribution in [3.05, 3.63) is 47.9 Å². The quantitative estimate of drug-likeness (QED) is 0.561.